The molecule has 1 N–H and O–H groups in total. The second kappa shape index (κ2) is 10.5. The Kier molecular flexibility index (Phi) is 7.23. The predicted molar refractivity (Wildman–Crippen MR) is 128 cm³/mol. The monoisotopic (exact) mass is 497 g/mol. The van der Waals surface area contributed by atoms with E-state index in [9.17, 15) is 22.8 Å². The summed E-state index contributed by atoms with van der Waals surface area (Å²) in [6, 6.07) is 16.2. The van der Waals surface area contributed by atoms with E-state index in [0.29, 0.717) is 29.0 Å². The fraction of sp³-hybridized carbons (Fsp3) is 0.192. The number of aromatic nitrogens is 2. The summed E-state index contributed by atoms with van der Waals surface area (Å²) < 4.78 is 52.3. The second-order valence-electron chi connectivity index (χ2n) is 7.77. The summed E-state index contributed by atoms with van der Waals surface area (Å²) in [5.41, 5.74) is -0.866. The Hall–Kier alpha value is -4.34. The summed E-state index contributed by atoms with van der Waals surface area (Å²) in [5, 5.41) is 2.88. The van der Waals surface area contributed by atoms with Crippen molar-refractivity contribution in [1.29, 1.82) is 0 Å². The van der Waals surface area contributed by atoms with E-state index in [1.54, 1.807) is 48.5 Å². The third kappa shape index (κ3) is 5.83. The molecule has 0 radical (unpaired) electrons. The van der Waals surface area contributed by atoms with Gasteiger partial charge in [-0.15, -0.1) is 0 Å². The maximum absolute atomic E-state index is 13.3. The van der Waals surface area contributed by atoms with Gasteiger partial charge in [0.25, 0.3) is 5.56 Å². The normalized spacial score (nSPS) is 11.3. The number of carbonyl (C=O) groups is 1. The maximum Gasteiger partial charge on any atom is 0.416 e. The molecule has 0 saturated carbocycles. The van der Waals surface area contributed by atoms with Gasteiger partial charge >= 0.3 is 6.18 Å². The summed E-state index contributed by atoms with van der Waals surface area (Å²) in [6.07, 6.45) is -3.44. The van der Waals surface area contributed by atoms with Crippen LogP contribution in [0.15, 0.2) is 77.9 Å². The number of aryl methyl sites for hydroxylation is 1. The number of carbonyl (C=O) groups excluding carboxylic acids is 1. The van der Waals surface area contributed by atoms with Crippen molar-refractivity contribution in [3.63, 3.8) is 0 Å². The molecule has 0 bridgehead atoms. The van der Waals surface area contributed by atoms with Crippen LogP contribution in [0.25, 0.3) is 10.9 Å². The number of hydrogen-bond donors (Lipinski definition) is 1. The van der Waals surface area contributed by atoms with E-state index < -0.39 is 17.6 Å². The van der Waals surface area contributed by atoms with Gasteiger partial charge in [0, 0.05) is 13.0 Å². The third-order valence-corrected chi connectivity index (χ3v) is 5.25. The molecule has 3 aromatic carbocycles. The van der Waals surface area contributed by atoms with E-state index in [0.717, 1.165) is 18.2 Å². The van der Waals surface area contributed by atoms with Gasteiger partial charge in [0.2, 0.25) is 5.91 Å². The van der Waals surface area contributed by atoms with Gasteiger partial charge in [-0.25, -0.2) is 4.98 Å². The van der Waals surface area contributed by atoms with Gasteiger partial charge in [0.05, 0.1) is 35.1 Å². The number of para-hydroxylation sites is 1. The van der Waals surface area contributed by atoms with Gasteiger partial charge < -0.3 is 14.8 Å². The van der Waals surface area contributed by atoms with Crippen molar-refractivity contribution in [2.45, 2.75) is 26.1 Å². The van der Waals surface area contributed by atoms with Crippen LogP contribution in [0.5, 0.6) is 17.2 Å². The lowest BCUT2D eigenvalue weighted by Crippen LogP contribution is -2.23. The van der Waals surface area contributed by atoms with E-state index in [-0.39, 0.29) is 30.0 Å². The topological polar surface area (TPSA) is 82.4 Å². The molecule has 1 amide bonds. The lowest BCUT2D eigenvalue weighted by molar-refractivity contribution is -0.137. The summed E-state index contributed by atoms with van der Waals surface area (Å²) in [5.74, 6) is 0.405. The summed E-state index contributed by atoms with van der Waals surface area (Å²) in [7, 11) is 0. The van der Waals surface area contributed by atoms with Crippen molar-refractivity contribution in [3.8, 4) is 17.2 Å². The van der Waals surface area contributed by atoms with Crippen LogP contribution in [-0.2, 0) is 17.5 Å². The van der Waals surface area contributed by atoms with Crippen LogP contribution in [0.2, 0.25) is 0 Å². The van der Waals surface area contributed by atoms with Crippen molar-refractivity contribution in [2.75, 3.05) is 11.9 Å². The third-order valence-electron chi connectivity index (χ3n) is 5.25. The standard InChI is InChI=1S/C26H22F3N3O4/c1-2-35-18-8-10-19(11-9-18)36-23-12-7-17(26(27,28)29)15-22(23)31-24(33)13-14-32-16-30-21-6-4-3-5-20(21)25(32)34/h3-12,15-16H,2,13-14H2,1H3,(H,31,33). The Labute approximate surface area is 204 Å². The molecule has 4 aromatic rings. The molecule has 0 fully saturated rings. The van der Waals surface area contributed by atoms with E-state index >= 15 is 0 Å². The number of alkyl halides is 3. The van der Waals surface area contributed by atoms with Gasteiger partial charge in [-0.05, 0) is 61.5 Å². The molecule has 1 aromatic heterocycles. The summed E-state index contributed by atoms with van der Waals surface area (Å²) in [6.45, 7) is 2.32. The molecule has 0 atom stereocenters. The van der Waals surface area contributed by atoms with E-state index in [1.807, 2.05) is 6.92 Å². The fourth-order valence-corrected chi connectivity index (χ4v) is 3.49. The predicted octanol–water partition coefficient (Wildman–Crippen LogP) is 5.64. The van der Waals surface area contributed by atoms with Crippen molar-refractivity contribution >= 4 is 22.5 Å². The van der Waals surface area contributed by atoms with Crippen LogP contribution in [0, 0.1) is 0 Å². The zero-order chi connectivity index (χ0) is 25.7. The number of halogens is 3. The molecule has 0 aliphatic rings. The highest BCUT2D eigenvalue weighted by molar-refractivity contribution is 5.92. The molecular weight excluding hydrogens is 475 g/mol. The summed E-state index contributed by atoms with van der Waals surface area (Å²) in [4.78, 5) is 29.5. The molecule has 186 valence electrons. The zero-order valence-electron chi connectivity index (χ0n) is 19.2. The van der Waals surface area contributed by atoms with E-state index in [2.05, 4.69) is 10.3 Å². The molecule has 0 aliphatic heterocycles. The molecule has 0 spiro atoms. The number of anilines is 1. The Morgan fingerprint density at radius 3 is 2.47 bits per heavy atom. The quantitative estimate of drug-likeness (QED) is 0.341. The van der Waals surface area contributed by atoms with Crippen LogP contribution in [0.1, 0.15) is 18.9 Å². The highest BCUT2D eigenvalue weighted by Gasteiger charge is 2.31. The van der Waals surface area contributed by atoms with Crippen LogP contribution in [-0.4, -0.2) is 22.1 Å². The summed E-state index contributed by atoms with van der Waals surface area (Å²) >= 11 is 0. The SMILES string of the molecule is CCOc1ccc(Oc2ccc(C(F)(F)F)cc2NC(=O)CCn2cnc3ccccc3c2=O)cc1. The molecule has 4 rings (SSSR count). The van der Waals surface area contributed by atoms with Crippen LogP contribution < -0.4 is 20.3 Å². The first-order chi connectivity index (χ1) is 17.2. The Balaban J connectivity index is 1.52. The highest BCUT2D eigenvalue weighted by Crippen LogP contribution is 2.37. The van der Waals surface area contributed by atoms with E-state index in [4.69, 9.17) is 9.47 Å². The first kappa shape index (κ1) is 24.8. The Morgan fingerprint density at radius 1 is 1.03 bits per heavy atom. The molecule has 10 heteroatoms. The maximum atomic E-state index is 13.3. The molecular formula is C26H22F3N3O4. The zero-order valence-corrected chi connectivity index (χ0v) is 19.2. The van der Waals surface area contributed by atoms with E-state index in [1.165, 1.54) is 10.9 Å². The number of nitrogens with one attached hydrogen (secondary N) is 1. The Bertz CT molecular complexity index is 1430. The first-order valence-corrected chi connectivity index (χ1v) is 11.1. The number of ether oxygens (including phenoxy) is 2. The number of benzene rings is 3. The lowest BCUT2D eigenvalue weighted by Gasteiger charge is -2.16. The number of nitrogens with zero attached hydrogens (tertiary/aromatic N) is 2. The van der Waals surface area contributed by atoms with Gasteiger partial charge in [-0.2, -0.15) is 13.2 Å². The average Bonchev–Trinajstić information content (AvgIpc) is 2.85. The molecule has 0 unspecified atom stereocenters. The second-order valence-corrected chi connectivity index (χ2v) is 7.77. The minimum Gasteiger partial charge on any atom is -0.494 e. The molecule has 1 heterocycles. The minimum absolute atomic E-state index is 0.00343. The number of hydrogen-bond acceptors (Lipinski definition) is 5. The first-order valence-electron chi connectivity index (χ1n) is 11.1. The van der Waals surface area contributed by atoms with Crippen LogP contribution in [0.3, 0.4) is 0 Å². The fourth-order valence-electron chi connectivity index (χ4n) is 3.49. The molecule has 0 saturated heterocycles. The average molecular weight is 497 g/mol. The smallest absolute Gasteiger partial charge is 0.416 e. The molecule has 36 heavy (non-hydrogen) atoms. The largest absolute Gasteiger partial charge is 0.494 e. The highest BCUT2D eigenvalue weighted by atomic mass is 19.4. The van der Waals surface area contributed by atoms with Crippen LogP contribution in [0.4, 0.5) is 18.9 Å². The van der Waals surface area contributed by atoms with Crippen molar-refractivity contribution < 1.29 is 27.4 Å². The van der Waals surface area contributed by atoms with Crippen molar-refractivity contribution in [1.82, 2.24) is 9.55 Å². The Morgan fingerprint density at radius 2 is 1.75 bits per heavy atom. The molecule has 0 aliphatic carbocycles. The van der Waals surface area contributed by atoms with Crippen molar-refractivity contribution in [3.05, 3.63) is 89.0 Å². The molecule has 7 nitrogen and oxygen atoms in total. The minimum atomic E-state index is -4.61. The van der Waals surface area contributed by atoms with Gasteiger partial charge in [-0.1, -0.05) is 12.1 Å². The number of rotatable bonds is 8. The van der Waals surface area contributed by atoms with Crippen molar-refractivity contribution in [2.24, 2.45) is 0 Å². The number of fused-ring (bicyclic) bond motifs is 1. The van der Waals surface area contributed by atoms with Gasteiger partial charge in [0.1, 0.15) is 11.5 Å². The van der Waals surface area contributed by atoms with Gasteiger partial charge in [-0.3, -0.25) is 14.2 Å². The number of amides is 1. The van der Waals surface area contributed by atoms with Gasteiger partial charge in [0.15, 0.2) is 5.75 Å². The lowest BCUT2D eigenvalue weighted by atomic mass is 10.1. The van der Waals surface area contributed by atoms with Crippen LogP contribution >= 0.6 is 0 Å².